The van der Waals surface area contributed by atoms with Crippen molar-refractivity contribution in [3.8, 4) is 0 Å². The second kappa shape index (κ2) is 7.42. The van der Waals surface area contributed by atoms with E-state index in [2.05, 4.69) is 26.3 Å². The lowest BCUT2D eigenvalue weighted by Gasteiger charge is -2.27. The van der Waals surface area contributed by atoms with Crippen LogP contribution in [0.2, 0.25) is 0 Å². The van der Waals surface area contributed by atoms with Gasteiger partial charge in [-0.1, -0.05) is 18.2 Å². The molecule has 0 atom stereocenters. The molecule has 3 heterocycles. The number of carbonyl (C=O) groups excluding carboxylic acids is 1. The van der Waals surface area contributed by atoms with E-state index in [0.717, 1.165) is 27.8 Å². The molecule has 2 aromatic carbocycles. The van der Waals surface area contributed by atoms with Crippen LogP contribution in [0.1, 0.15) is 21.7 Å². The molecule has 1 amide bonds. The number of hydrogen-bond acceptors (Lipinski definition) is 6. The van der Waals surface area contributed by atoms with E-state index < -0.39 is 0 Å². The minimum atomic E-state index is -0.346. The zero-order valence-corrected chi connectivity index (χ0v) is 16.9. The number of fused-ring (bicyclic) bond motifs is 3. The van der Waals surface area contributed by atoms with Crippen molar-refractivity contribution in [2.24, 2.45) is 0 Å². The van der Waals surface area contributed by atoms with Gasteiger partial charge >= 0.3 is 0 Å². The van der Waals surface area contributed by atoms with Gasteiger partial charge in [0, 0.05) is 24.2 Å². The molecule has 0 aliphatic carbocycles. The number of benzene rings is 2. The maximum atomic E-state index is 13.1. The van der Waals surface area contributed by atoms with Crippen molar-refractivity contribution in [2.75, 3.05) is 36.5 Å². The van der Waals surface area contributed by atoms with E-state index in [1.165, 1.54) is 0 Å². The van der Waals surface area contributed by atoms with E-state index >= 15 is 0 Å². The lowest BCUT2D eigenvalue weighted by molar-refractivity contribution is 0.101. The summed E-state index contributed by atoms with van der Waals surface area (Å²) in [5, 5.41) is 3.80. The summed E-state index contributed by atoms with van der Waals surface area (Å²) in [4.78, 5) is 24.3. The largest absolute Gasteiger partial charge is 0.450 e. The van der Waals surface area contributed by atoms with E-state index in [0.29, 0.717) is 43.2 Å². The lowest BCUT2D eigenvalue weighted by Crippen LogP contribution is -2.37. The summed E-state index contributed by atoms with van der Waals surface area (Å²) in [5.41, 5.74) is 4.86. The van der Waals surface area contributed by atoms with Gasteiger partial charge in [0.15, 0.2) is 11.4 Å². The molecule has 0 bridgehead atoms. The number of hydrogen-bond donors (Lipinski definition) is 1. The fraction of sp³-hybridized carbons (Fsp3) is 0.261. The first-order valence-corrected chi connectivity index (χ1v) is 10.00. The molecule has 0 unspecified atom stereocenters. The first-order chi connectivity index (χ1) is 14.6. The average molecular weight is 402 g/mol. The highest BCUT2D eigenvalue weighted by molar-refractivity contribution is 6.09. The Kier molecular flexibility index (Phi) is 4.59. The van der Waals surface area contributed by atoms with Gasteiger partial charge < -0.3 is 19.4 Å². The smallest absolute Gasteiger partial charge is 0.293 e. The van der Waals surface area contributed by atoms with Gasteiger partial charge in [0.2, 0.25) is 5.82 Å². The standard InChI is InChI=1S/C23H22N4O3/c1-14-11-15(2)13-16(12-14)24-23(28)21-25-19-17-5-3-4-6-18(17)30-20(19)22(26-21)27-7-9-29-10-8-27/h3-6,11-13H,7-10H2,1-2H3,(H,24,28). The number of ether oxygens (including phenoxy) is 1. The van der Waals surface area contributed by atoms with Gasteiger partial charge in [0.05, 0.1) is 13.2 Å². The predicted molar refractivity (Wildman–Crippen MR) is 116 cm³/mol. The quantitative estimate of drug-likeness (QED) is 0.556. The summed E-state index contributed by atoms with van der Waals surface area (Å²) >= 11 is 0. The van der Waals surface area contributed by atoms with Crippen molar-refractivity contribution in [2.45, 2.75) is 13.8 Å². The molecule has 0 spiro atoms. The molecule has 0 saturated carbocycles. The number of morpholine rings is 1. The summed E-state index contributed by atoms with van der Waals surface area (Å²) < 4.78 is 11.6. The molecule has 152 valence electrons. The fourth-order valence-corrected chi connectivity index (χ4v) is 3.90. The van der Waals surface area contributed by atoms with Gasteiger partial charge in [-0.05, 0) is 49.2 Å². The molecule has 1 aliphatic heterocycles. The molecule has 30 heavy (non-hydrogen) atoms. The Labute approximate surface area is 173 Å². The van der Waals surface area contributed by atoms with E-state index in [-0.39, 0.29) is 11.7 Å². The number of carbonyl (C=O) groups is 1. The first-order valence-electron chi connectivity index (χ1n) is 10.00. The van der Waals surface area contributed by atoms with Gasteiger partial charge in [-0.2, -0.15) is 0 Å². The minimum absolute atomic E-state index is 0.120. The van der Waals surface area contributed by atoms with Crippen molar-refractivity contribution in [3.63, 3.8) is 0 Å². The van der Waals surface area contributed by atoms with Crippen LogP contribution in [0.15, 0.2) is 46.9 Å². The van der Waals surface area contributed by atoms with Gasteiger partial charge in [-0.25, -0.2) is 9.97 Å². The number of nitrogens with one attached hydrogen (secondary N) is 1. The van der Waals surface area contributed by atoms with Crippen molar-refractivity contribution in [1.82, 2.24) is 9.97 Å². The molecule has 1 aliphatic rings. The Hall–Kier alpha value is -3.45. The van der Waals surface area contributed by atoms with Gasteiger partial charge in [-0.3, -0.25) is 4.79 Å². The van der Waals surface area contributed by atoms with Crippen molar-refractivity contribution in [3.05, 3.63) is 59.4 Å². The molecule has 0 radical (unpaired) electrons. The molecule has 2 aromatic heterocycles. The number of amides is 1. The second-order valence-corrected chi connectivity index (χ2v) is 7.58. The van der Waals surface area contributed by atoms with Crippen LogP contribution in [-0.2, 0) is 4.74 Å². The maximum Gasteiger partial charge on any atom is 0.293 e. The van der Waals surface area contributed by atoms with E-state index in [9.17, 15) is 4.79 Å². The minimum Gasteiger partial charge on any atom is -0.450 e. The van der Waals surface area contributed by atoms with Gasteiger partial charge in [0.1, 0.15) is 11.1 Å². The predicted octanol–water partition coefficient (Wildman–Crippen LogP) is 4.08. The number of para-hydroxylation sites is 1. The number of nitrogens with zero attached hydrogens (tertiary/aromatic N) is 3. The van der Waals surface area contributed by atoms with Gasteiger partial charge in [-0.15, -0.1) is 0 Å². The Bertz CT molecular complexity index is 1240. The van der Waals surface area contributed by atoms with Crippen LogP contribution in [0.25, 0.3) is 22.1 Å². The molecular formula is C23H22N4O3. The third kappa shape index (κ3) is 3.37. The van der Waals surface area contributed by atoms with E-state index in [1.807, 2.05) is 50.2 Å². The summed E-state index contributed by atoms with van der Waals surface area (Å²) in [7, 11) is 0. The highest BCUT2D eigenvalue weighted by atomic mass is 16.5. The molecule has 7 heteroatoms. The van der Waals surface area contributed by atoms with Crippen molar-refractivity contribution < 1.29 is 13.9 Å². The number of furan rings is 1. The molecular weight excluding hydrogens is 380 g/mol. The molecule has 1 saturated heterocycles. The summed E-state index contributed by atoms with van der Waals surface area (Å²) in [6, 6.07) is 13.6. The van der Waals surface area contributed by atoms with Crippen LogP contribution in [0.4, 0.5) is 11.5 Å². The zero-order valence-electron chi connectivity index (χ0n) is 16.9. The maximum absolute atomic E-state index is 13.1. The third-order valence-corrected chi connectivity index (χ3v) is 5.20. The summed E-state index contributed by atoms with van der Waals surface area (Å²) in [6.45, 7) is 6.58. The van der Waals surface area contributed by atoms with Crippen LogP contribution in [-0.4, -0.2) is 42.2 Å². The van der Waals surface area contributed by atoms with Gasteiger partial charge in [0.25, 0.3) is 5.91 Å². The molecule has 1 N–H and O–H groups in total. The van der Waals surface area contributed by atoms with E-state index in [4.69, 9.17) is 9.15 Å². The SMILES string of the molecule is Cc1cc(C)cc(NC(=O)c2nc(N3CCOCC3)c3oc4ccccc4c3n2)c1. The Morgan fingerprint density at radius 2 is 1.77 bits per heavy atom. The van der Waals surface area contributed by atoms with E-state index in [1.54, 1.807) is 0 Å². The summed E-state index contributed by atoms with van der Waals surface area (Å²) in [6.07, 6.45) is 0. The number of rotatable bonds is 3. The Balaban J connectivity index is 1.62. The number of aromatic nitrogens is 2. The number of anilines is 2. The molecule has 1 fully saturated rings. The zero-order chi connectivity index (χ0) is 20.7. The van der Waals surface area contributed by atoms with Crippen LogP contribution in [0, 0.1) is 13.8 Å². The molecule has 5 rings (SSSR count). The highest BCUT2D eigenvalue weighted by Gasteiger charge is 2.24. The second-order valence-electron chi connectivity index (χ2n) is 7.58. The number of aryl methyl sites for hydroxylation is 2. The monoisotopic (exact) mass is 402 g/mol. The van der Waals surface area contributed by atoms with Crippen molar-refractivity contribution >= 4 is 39.5 Å². The first kappa shape index (κ1) is 18.6. The van der Waals surface area contributed by atoms with Crippen LogP contribution < -0.4 is 10.2 Å². The normalized spacial score (nSPS) is 14.4. The van der Waals surface area contributed by atoms with Crippen LogP contribution >= 0.6 is 0 Å². The highest BCUT2D eigenvalue weighted by Crippen LogP contribution is 2.33. The van der Waals surface area contributed by atoms with Crippen molar-refractivity contribution in [1.29, 1.82) is 0 Å². The lowest BCUT2D eigenvalue weighted by atomic mass is 10.1. The molecule has 4 aromatic rings. The summed E-state index contributed by atoms with van der Waals surface area (Å²) in [5.74, 6) is 0.404. The topological polar surface area (TPSA) is 80.5 Å². The van der Waals surface area contributed by atoms with Crippen LogP contribution in [0.5, 0.6) is 0 Å². The fourth-order valence-electron chi connectivity index (χ4n) is 3.90. The average Bonchev–Trinajstić information content (AvgIpc) is 3.11. The third-order valence-electron chi connectivity index (χ3n) is 5.20. The molecule has 7 nitrogen and oxygen atoms in total. The Morgan fingerprint density at radius 3 is 2.53 bits per heavy atom. The Morgan fingerprint density at radius 1 is 1.03 bits per heavy atom. The van der Waals surface area contributed by atoms with Crippen LogP contribution in [0.3, 0.4) is 0 Å².